The van der Waals surface area contributed by atoms with E-state index in [0.29, 0.717) is 4.47 Å². The van der Waals surface area contributed by atoms with Gasteiger partial charge >= 0.3 is 0 Å². The summed E-state index contributed by atoms with van der Waals surface area (Å²) in [4.78, 5) is 21.4. The molecular weight excluding hydrogens is 318 g/mol. The van der Waals surface area contributed by atoms with Gasteiger partial charge in [-0.2, -0.15) is 0 Å². The summed E-state index contributed by atoms with van der Waals surface area (Å²) < 4.78 is 5.99. The summed E-state index contributed by atoms with van der Waals surface area (Å²) in [5.41, 5.74) is 4.11. The van der Waals surface area contributed by atoms with Crippen molar-refractivity contribution in [3.63, 3.8) is 0 Å². The highest BCUT2D eigenvalue weighted by atomic mass is 79.9. The Bertz CT molecular complexity index is 509. The number of carbonyl (C=O) groups excluding carboxylic acids is 1. The van der Waals surface area contributed by atoms with E-state index in [0.717, 1.165) is 0 Å². The summed E-state index contributed by atoms with van der Waals surface area (Å²) in [5.74, 6) is -0.298. The second-order valence-electron chi connectivity index (χ2n) is 4.11. The molecule has 0 bridgehead atoms. The molecule has 0 aromatic heterocycles. The maximum absolute atomic E-state index is 11.3. The lowest BCUT2D eigenvalue weighted by Crippen LogP contribution is -2.55. The number of non-ortho nitro benzene ring substituents is 1. The Labute approximate surface area is 118 Å². The second kappa shape index (κ2) is 5.98. The topological polar surface area (TPSA) is 107 Å². The summed E-state index contributed by atoms with van der Waals surface area (Å²) >= 11 is 3.22. The van der Waals surface area contributed by atoms with Crippen LogP contribution in [-0.2, 0) is 4.79 Å². The normalized spacial score (nSPS) is 13.6. The van der Waals surface area contributed by atoms with Crippen molar-refractivity contribution in [1.82, 2.24) is 5.32 Å². The number of hydrogen-bond acceptors (Lipinski definition) is 5. The third-order valence-electron chi connectivity index (χ3n) is 2.74. The number of likely N-dealkylation sites (N-methyl/N-ethyl adjacent to an activating group) is 1. The molecule has 1 amide bonds. The second-order valence-corrected chi connectivity index (χ2v) is 4.96. The number of nitrogens with two attached hydrogens (primary N) is 1. The van der Waals surface area contributed by atoms with Crippen molar-refractivity contribution in [2.45, 2.75) is 12.5 Å². The van der Waals surface area contributed by atoms with Crippen LogP contribution in [0.25, 0.3) is 0 Å². The van der Waals surface area contributed by atoms with Gasteiger partial charge in [0.2, 0.25) is 5.91 Å². The SMILES string of the molecule is CNC(C)(COc1cc([N+](=O)[O-])ccc1Br)C(N)=O. The van der Waals surface area contributed by atoms with Crippen molar-refractivity contribution in [2.75, 3.05) is 13.7 Å². The fourth-order valence-electron chi connectivity index (χ4n) is 1.20. The number of nitro benzene ring substituents is 1. The molecule has 0 saturated heterocycles. The van der Waals surface area contributed by atoms with Crippen molar-refractivity contribution in [3.05, 3.63) is 32.8 Å². The molecule has 0 aliphatic heterocycles. The van der Waals surface area contributed by atoms with E-state index in [4.69, 9.17) is 10.5 Å². The zero-order chi connectivity index (χ0) is 14.6. The molecule has 0 fully saturated rings. The average Bonchev–Trinajstić information content (AvgIpc) is 2.36. The monoisotopic (exact) mass is 331 g/mol. The first-order valence-corrected chi connectivity index (χ1v) is 6.15. The van der Waals surface area contributed by atoms with Crippen LogP contribution in [0.5, 0.6) is 5.75 Å². The molecule has 0 spiro atoms. The maximum atomic E-state index is 11.3. The third-order valence-corrected chi connectivity index (χ3v) is 3.39. The van der Waals surface area contributed by atoms with Gasteiger partial charge in [0.1, 0.15) is 17.9 Å². The Kier molecular flexibility index (Phi) is 4.84. The van der Waals surface area contributed by atoms with E-state index in [1.807, 2.05) is 0 Å². The quantitative estimate of drug-likeness (QED) is 0.601. The average molecular weight is 332 g/mol. The molecule has 0 aliphatic carbocycles. The summed E-state index contributed by atoms with van der Waals surface area (Å²) in [7, 11) is 1.58. The largest absolute Gasteiger partial charge is 0.490 e. The summed E-state index contributed by atoms with van der Waals surface area (Å²) in [6.45, 7) is 1.54. The fourth-order valence-corrected chi connectivity index (χ4v) is 1.57. The fraction of sp³-hybridized carbons (Fsp3) is 0.364. The Morgan fingerprint density at radius 3 is 2.74 bits per heavy atom. The number of carbonyl (C=O) groups is 1. The van der Waals surface area contributed by atoms with Crippen LogP contribution < -0.4 is 15.8 Å². The first-order valence-electron chi connectivity index (χ1n) is 5.35. The van der Waals surface area contributed by atoms with Crippen LogP contribution in [0.2, 0.25) is 0 Å². The van der Waals surface area contributed by atoms with E-state index in [2.05, 4.69) is 21.2 Å². The lowest BCUT2D eigenvalue weighted by atomic mass is 10.0. The van der Waals surface area contributed by atoms with Gasteiger partial charge in [0.25, 0.3) is 5.69 Å². The molecule has 1 atom stereocenters. The van der Waals surface area contributed by atoms with Crippen LogP contribution in [0.3, 0.4) is 0 Å². The molecule has 0 radical (unpaired) electrons. The van der Waals surface area contributed by atoms with Crippen LogP contribution >= 0.6 is 15.9 Å². The summed E-state index contributed by atoms with van der Waals surface area (Å²) in [5, 5.41) is 13.4. The van der Waals surface area contributed by atoms with Crippen LogP contribution in [0.4, 0.5) is 5.69 Å². The van der Waals surface area contributed by atoms with Crippen molar-refractivity contribution in [2.24, 2.45) is 5.73 Å². The molecule has 19 heavy (non-hydrogen) atoms. The van der Waals surface area contributed by atoms with Gasteiger partial charge in [-0.1, -0.05) is 0 Å². The molecule has 1 aromatic rings. The minimum absolute atomic E-state index is 0.0431. The smallest absolute Gasteiger partial charge is 0.273 e. The van der Waals surface area contributed by atoms with E-state index in [1.165, 1.54) is 18.2 Å². The Hall–Kier alpha value is -1.67. The predicted octanol–water partition coefficient (Wildman–Crippen LogP) is 1.20. The molecule has 1 rings (SSSR count). The van der Waals surface area contributed by atoms with Crippen molar-refractivity contribution < 1.29 is 14.5 Å². The van der Waals surface area contributed by atoms with Gasteiger partial charge in [-0.15, -0.1) is 0 Å². The molecule has 3 N–H and O–H groups in total. The number of hydrogen-bond donors (Lipinski definition) is 2. The van der Waals surface area contributed by atoms with Crippen LogP contribution in [0.1, 0.15) is 6.92 Å². The molecule has 8 heteroatoms. The number of primary amides is 1. The van der Waals surface area contributed by atoms with Gasteiger partial charge in [0.15, 0.2) is 0 Å². The van der Waals surface area contributed by atoms with Crippen molar-refractivity contribution >= 4 is 27.5 Å². The molecule has 1 unspecified atom stereocenters. The van der Waals surface area contributed by atoms with Gasteiger partial charge in [-0.3, -0.25) is 14.9 Å². The van der Waals surface area contributed by atoms with Crippen molar-refractivity contribution in [3.8, 4) is 5.75 Å². The molecular formula is C11H14BrN3O4. The Morgan fingerprint density at radius 2 is 2.26 bits per heavy atom. The van der Waals surface area contributed by atoms with Gasteiger partial charge < -0.3 is 15.8 Å². The van der Waals surface area contributed by atoms with E-state index in [9.17, 15) is 14.9 Å². The zero-order valence-electron chi connectivity index (χ0n) is 10.5. The number of rotatable bonds is 6. The van der Waals surface area contributed by atoms with Gasteiger partial charge in [-0.25, -0.2) is 0 Å². The molecule has 7 nitrogen and oxygen atoms in total. The van der Waals surface area contributed by atoms with E-state index < -0.39 is 16.4 Å². The number of nitro groups is 1. The van der Waals surface area contributed by atoms with E-state index in [-0.39, 0.29) is 18.0 Å². The molecule has 104 valence electrons. The molecule has 0 heterocycles. The van der Waals surface area contributed by atoms with E-state index in [1.54, 1.807) is 14.0 Å². The van der Waals surface area contributed by atoms with Gasteiger partial charge in [-0.05, 0) is 36.0 Å². The highest BCUT2D eigenvalue weighted by Crippen LogP contribution is 2.29. The summed E-state index contributed by atoms with van der Waals surface area (Å²) in [6, 6.07) is 4.14. The van der Waals surface area contributed by atoms with Gasteiger partial charge in [0.05, 0.1) is 15.5 Å². The van der Waals surface area contributed by atoms with Crippen molar-refractivity contribution in [1.29, 1.82) is 0 Å². The lowest BCUT2D eigenvalue weighted by Gasteiger charge is -2.25. The summed E-state index contributed by atoms with van der Waals surface area (Å²) in [6.07, 6.45) is 0. The number of ether oxygens (including phenoxy) is 1. The van der Waals surface area contributed by atoms with Crippen LogP contribution in [0, 0.1) is 10.1 Å². The minimum atomic E-state index is -1.05. The Balaban J connectivity index is 2.91. The first-order chi connectivity index (χ1) is 8.80. The zero-order valence-corrected chi connectivity index (χ0v) is 12.1. The molecule has 0 aliphatic rings. The van der Waals surface area contributed by atoms with E-state index >= 15 is 0 Å². The third kappa shape index (κ3) is 3.65. The highest BCUT2D eigenvalue weighted by Gasteiger charge is 2.30. The first kappa shape index (κ1) is 15.4. The molecule has 1 aromatic carbocycles. The number of halogens is 1. The predicted molar refractivity (Wildman–Crippen MR) is 73.0 cm³/mol. The number of nitrogens with zero attached hydrogens (tertiary/aromatic N) is 1. The number of benzene rings is 1. The van der Waals surface area contributed by atoms with Gasteiger partial charge in [0, 0.05) is 6.07 Å². The van der Waals surface area contributed by atoms with Crippen LogP contribution in [-0.4, -0.2) is 30.0 Å². The maximum Gasteiger partial charge on any atom is 0.273 e. The highest BCUT2D eigenvalue weighted by molar-refractivity contribution is 9.10. The number of nitrogens with one attached hydrogen (secondary N) is 1. The molecule has 0 saturated carbocycles. The lowest BCUT2D eigenvalue weighted by molar-refractivity contribution is -0.385. The standard InChI is InChI=1S/C11H14BrN3O4/c1-11(14-2,10(13)16)6-19-9-5-7(15(17)18)3-4-8(9)12/h3-5,14H,6H2,1-2H3,(H2,13,16). The number of amides is 1. The Morgan fingerprint density at radius 1 is 1.63 bits per heavy atom. The minimum Gasteiger partial charge on any atom is -0.490 e. The van der Waals surface area contributed by atoms with Crippen LogP contribution in [0.15, 0.2) is 22.7 Å².